The van der Waals surface area contributed by atoms with Gasteiger partial charge in [0.25, 0.3) is 0 Å². The fourth-order valence-electron chi connectivity index (χ4n) is 2.56. The second kappa shape index (κ2) is 4.82. The van der Waals surface area contributed by atoms with Gasteiger partial charge in [-0.15, -0.1) is 0 Å². The zero-order valence-corrected chi connectivity index (χ0v) is 9.61. The minimum atomic E-state index is 0.262. The van der Waals surface area contributed by atoms with Crippen molar-refractivity contribution < 1.29 is 4.79 Å². The van der Waals surface area contributed by atoms with Gasteiger partial charge in [-0.25, -0.2) is 0 Å². The number of hydrogen-bond acceptors (Lipinski definition) is 1. The van der Waals surface area contributed by atoms with Crippen molar-refractivity contribution in [3.63, 3.8) is 0 Å². The molecule has 15 heavy (non-hydrogen) atoms. The van der Waals surface area contributed by atoms with Gasteiger partial charge >= 0.3 is 0 Å². The van der Waals surface area contributed by atoms with E-state index in [2.05, 4.69) is 24.0 Å². The van der Waals surface area contributed by atoms with E-state index in [0.29, 0.717) is 5.91 Å². The quantitative estimate of drug-likeness (QED) is 0.605. The lowest BCUT2D eigenvalue weighted by Gasteiger charge is -2.23. The largest absolute Gasteiger partial charge is 0.342 e. The molecule has 0 N–H and O–H groups in total. The molecule has 2 heteroatoms. The topological polar surface area (TPSA) is 20.3 Å². The van der Waals surface area contributed by atoms with E-state index in [1.54, 1.807) is 0 Å². The maximum atomic E-state index is 12.1. The number of hydrogen-bond donors (Lipinski definition) is 0. The van der Waals surface area contributed by atoms with Crippen molar-refractivity contribution in [1.82, 2.24) is 4.90 Å². The van der Waals surface area contributed by atoms with Gasteiger partial charge in [-0.1, -0.05) is 19.1 Å². The number of amides is 1. The minimum Gasteiger partial charge on any atom is -0.342 e. The molecule has 1 saturated heterocycles. The van der Waals surface area contributed by atoms with E-state index < -0.39 is 0 Å². The predicted octanol–water partition coefficient (Wildman–Crippen LogP) is 2.60. The normalized spacial score (nSPS) is 28.1. The fourth-order valence-corrected chi connectivity index (χ4v) is 2.56. The highest BCUT2D eigenvalue weighted by atomic mass is 16.2. The number of rotatable bonds is 1. The SMILES string of the molecule is CC1CCCN(C(=O)C2CC=CC2)CC1. The Morgan fingerprint density at radius 3 is 2.67 bits per heavy atom. The maximum Gasteiger partial charge on any atom is 0.226 e. The van der Waals surface area contributed by atoms with Crippen LogP contribution in [0.1, 0.15) is 39.0 Å². The molecule has 0 spiro atoms. The molecule has 0 radical (unpaired) electrons. The van der Waals surface area contributed by atoms with Crippen LogP contribution < -0.4 is 0 Å². The van der Waals surface area contributed by atoms with Crippen molar-refractivity contribution in [3.8, 4) is 0 Å². The standard InChI is InChI=1S/C13H21NO/c1-11-5-4-9-14(10-8-11)13(15)12-6-2-3-7-12/h2-3,11-12H,4-10H2,1H3. The van der Waals surface area contributed by atoms with Crippen LogP contribution in [0, 0.1) is 11.8 Å². The Morgan fingerprint density at radius 2 is 1.93 bits per heavy atom. The molecular weight excluding hydrogens is 186 g/mol. The van der Waals surface area contributed by atoms with Crippen molar-refractivity contribution in [2.45, 2.75) is 39.0 Å². The monoisotopic (exact) mass is 207 g/mol. The summed E-state index contributed by atoms with van der Waals surface area (Å²) in [5, 5.41) is 0. The molecule has 1 aliphatic carbocycles. The summed E-state index contributed by atoms with van der Waals surface area (Å²) >= 11 is 0. The summed E-state index contributed by atoms with van der Waals surface area (Å²) in [6.07, 6.45) is 9.87. The van der Waals surface area contributed by atoms with E-state index in [0.717, 1.165) is 31.8 Å². The first kappa shape index (κ1) is 10.7. The number of likely N-dealkylation sites (tertiary alicyclic amines) is 1. The van der Waals surface area contributed by atoms with Crippen molar-refractivity contribution in [3.05, 3.63) is 12.2 Å². The molecule has 0 aromatic heterocycles. The van der Waals surface area contributed by atoms with E-state index in [-0.39, 0.29) is 5.92 Å². The predicted molar refractivity (Wildman–Crippen MR) is 61.5 cm³/mol. The van der Waals surface area contributed by atoms with E-state index in [4.69, 9.17) is 0 Å². The maximum absolute atomic E-state index is 12.1. The summed E-state index contributed by atoms with van der Waals surface area (Å²) in [5.74, 6) is 1.46. The van der Waals surface area contributed by atoms with E-state index in [9.17, 15) is 4.79 Å². The van der Waals surface area contributed by atoms with Crippen molar-refractivity contribution in [2.75, 3.05) is 13.1 Å². The number of nitrogens with zero attached hydrogens (tertiary/aromatic N) is 1. The van der Waals surface area contributed by atoms with Crippen LogP contribution in [0.3, 0.4) is 0 Å². The van der Waals surface area contributed by atoms with Gasteiger partial charge in [0.05, 0.1) is 0 Å². The molecular formula is C13H21NO. The number of carbonyl (C=O) groups is 1. The van der Waals surface area contributed by atoms with E-state index >= 15 is 0 Å². The van der Waals surface area contributed by atoms with Crippen LogP contribution in [0.15, 0.2) is 12.2 Å². The summed E-state index contributed by atoms with van der Waals surface area (Å²) < 4.78 is 0. The Hall–Kier alpha value is -0.790. The van der Waals surface area contributed by atoms with Gasteiger partial charge in [-0.3, -0.25) is 4.79 Å². The average molecular weight is 207 g/mol. The second-order valence-electron chi connectivity index (χ2n) is 5.00. The Labute approximate surface area is 92.3 Å². The van der Waals surface area contributed by atoms with Gasteiger partial charge in [0.1, 0.15) is 0 Å². The Bertz CT molecular complexity index is 251. The smallest absolute Gasteiger partial charge is 0.226 e. The first-order valence-corrected chi connectivity index (χ1v) is 6.21. The van der Waals surface area contributed by atoms with E-state index in [1.165, 1.54) is 19.3 Å². The van der Waals surface area contributed by atoms with Crippen LogP contribution in [0.4, 0.5) is 0 Å². The third-order valence-corrected chi connectivity index (χ3v) is 3.69. The van der Waals surface area contributed by atoms with Gasteiger partial charge in [0.15, 0.2) is 0 Å². The molecule has 2 nitrogen and oxygen atoms in total. The molecule has 2 rings (SSSR count). The van der Waals surface area contributed by atoms with Crippen LogP contribution in [-0.2, 0) is 4.79 Å². The van der Waals surface area contributed by atoms with Crippen LogP contribution in [0.25, 0.3) is 0 Å². The van der Waals surface area contributed by atoms with Gasteiger partial charge in [-0.2, -0.15) is 0 Å². The zero-order valence-electron chi connectivity index (χ0n) is 9.61. The van der Waals surface area contributed by atoms with Gasteiger partial charge in [0.2, 0.25) is 5.91 Å². The fraction of sp³-hybridized carbons (Fsp3) is 0.769. The molecule has 0 bridgehead atoms. The third-order valence-electron chi connectivity index (χ3n) is 3.69. The molecule has 0 aromatic rings. The molecule has 84 valence electrons. The Morgan fingerprint density at radius 1 is 1.20 bits per heavy atom. The molecule has 0 saturated carbocycles. The van der Waals surface area contributed by atoms with Crippen LogP contribution in [0.2, 0.25) is 0 Å². The zero-order chi connectivity index (χ0) is 10.7. The highest BCUT2D eigenvalue weighted by molar-refractivity contribution is 5.79. The lowest BCUT2D eigenvalue weighted by atomic mass is 10.0. The number of allylic oxidation sites excluding steroid dienone is 2. The lowest BCUT2D eigenvalue weighted by molar-refractivity contribution is -0.135. The summed E-state index contributed by atoms with van der Waals surface area (Å²) in [6, 6.07) is 0. The second-order valence-corrected chi connectivity index (χ2v) is 5.00. The first-order valence-electron chi connectivity index (χ1n) is 6.21. The van der Waals surface area contributed by atoms with Crippen molar-refractivity contribution in [1.29, 1.82) is 0 Å². The Kier molecular flexibility index (Phi) is 3.45. The first-order chi connectivity index (χ1) is 7.27. The molecule has 1 amide bonds. The Balaban J connectivity index is 1.89. The average Bonchev–Trinajstić information content (AvgIpc) is 2.67. The minimum absolute atomic E-state index is 0.262. The molecule has 2 aliphatic rings. The summed E-state index contributed by atoms with van der Waals surface area (Å²) in [7, 11) is 0. The highest BCUT2D eigenvalue weighted by Crippen LogP contribution is 2.23. The molecule has 1 unspecified atom stereocenters. The van der Waals surface area contributed by atoms with Crippen LogP contribution in [0.5, 0.6) is 0 Å². The summed E-state index contributed by atoms with van der Waals surface area (Å²) in [5.41, 5.74) is 0. The van der Waals surface area contributed by atoms with Crippen LogP contribution >= 0.6 is 0 Å². The highest BCUT2D eigenvalue weighted by Gasteiger charge is 2.25. The number of carbonyl (C=O) groups excluding carboxylic acids is 1. The molecule has 0 aromatic carbocycles. The lowest BCUT2D eigenvalue weighted by Crippen LogP contribution is -2.36. The molecule has 1 aliphatic heterocycles. The van der Waals surface area contributed by atoms with Crippen LogP contribution in [-0.4, -0.2) is 23.9 Å². The van der Waals surface area contributed by atoms with E-state index in [1.807, 2.05) is 0 Å². The third kappa shape index (κ3) is 2.61. The summed E-state index contributed by atoms with van der Waals surface area (Å²) in [4.78, 5) is 14.2. The van der Waals surface area contributed by atoms with Crippen molar-refractivity contribution in [2.24, 2.45) is 11.8 Å². The molecule has 1 heterocycles. The molecule has 1 atom stereocenters. The molecule has 1 fully saturated rings. The van der Waals surface area contributed by atoms with Crippen molar-refractivity contribution >= 4 is 5.91 Å². The van der Waals surface area contributed by atoms with Gasteiger partial charge in [-0.05, 0) is 38.0 Å². The summed E-state index contributed by atoms with van der Waals surface area (Å²) in [6.45, 7) is 4.27. The van der Waals surface area contributed by atoms with Gasteiger partial charge < -0.3 is 4.90 Å². The van der Waals surface area contributed by atoms with Gasteiger partial charge in [0, 0.05) is 19.0 Å².